The van der Waals surface area contributed by atoms with Crippen molar-refractivity contribution in [2.24, 2.45) is 4.99 Å². The molecule has 1 aliphatic rings. The van der Waals surface area contributed by atoms with Gasteiger partial charge in [0.1, 0.15) is 0 Å². The Morgan fingerprint density at radius 2 is 2.04 bits per heavy atom. The lowest BCUT2D eigenvalue weighted by Crippen LogP contribution is -2.49. The van der Waals surface area contributed by atoms with Crippen LogP contribution in [0.2, 0.25) is 0 Å². The van der Waals surface area contributed by atoms with Gasteiger partial charge in [-0.2, -0.15) is 13.2 Å². The van der Waals surface area contributed by atoms with E-state index in [2.05, 4.69) is 43.7 Å². The molecule has 0 amide bonds. The van der Waals surface area contributed by atoms with E-state index in [1.807, 2.05) is 12.1 Å². The van der Waals surface area contributed by atoms with Crippen LogP contribution in [0.1, 0.15) is 31.2 Å². The van der Waals surface area contributed by atoms with Crippen LogP contribution in [0.5, 0.6) is 0 Å². The average molecular weight is 392 g/mol. The number of alkyl halides is 3. The van der Waals surface area contributed by atoms with Crippen LogP contribution in [-0.2, 0) is 5.41 Å². The molecule has 1 aromatic rings. The third-order valence-corrected chi connectivity index (χ3v) is 4.76. The predicted molar refractivity (Wildman–Crippen MR) is 89.7 cm³/mol. The molecule has 0 spiro atoms. The van der Waals surface area contributed by atoms with Crippen LogP contribution in [0.25, 0.3) is 0 Å². The summed E-state index contributed by atoms with van der Waals surface area (Å²) < 4.78 is 37.6. The van der Waals surface area contributed by atoms with E-state index in [9.17, 15) is 13.2 Å². The molecule has 0 heterocycles. The van der Waals surface area contributed by atoms with Gasteiger partial charge in [0, 0.05) is 30.0 Å². The number of nitrogens with one attached hydrogen (secondary N) is 2. The molecule has 0 aliphatic heterocycles. The third-order valence-electron chi connectivity index (χ3n) is 4.27. The predicted octanol–water partition coefficient (Wildman–Crippen LogP) is 3.99. The van der Waals surface area contributed by atoms with E-state index in [-0.39, 0.29) is 12.0 Å². The van der Waals surface area contributed by atoms with Gasteiger partial charge in [-0.1, -0.05) is 34.5 Å². The van der Waals surface area contributed by atoms with Gasteiger partial charge in [0.05, 0.1) is 6.42 Å². The molecule has 3 nitrogen and oxygen atoms in total. The Bertz CT molecular complexity index is 554. The zero-order chi connectivity index (χ0) is 16.9. The highest BCUT2D eigenvalue weighted by atomic mass is 79.9. The summed E-state index contributed by atoms with van der Waals surface area (Å²) in [4.78, 5) is 4.00. The van der Waals surface area contributed by atoms with Crippen molar-refractivity contribution in [1.29, 1.82) is 0 Å². The SMILES string of the molecule is CN=C(NCCC(F)(F)F)NCC1(c2cccc(Br)c2)CCC1. The summed E-state index contributed by atoms with van der Waals surface area (Å²) >= 11 is 3.49. The zero-order valence-corrected chi connectivity index (χ0v) is 14.6. The maximum atomic E-state index is 12.2. The molecule has 1 saturated carbocycles. The van der Waals surface area contributed by atoms with Crippen LogP contribution < -0.4 is 10.6 Å². The van der Waals surface area contributed by atoms with E-state index >= 15 is 0 Å². The van der Waals surface area contributed by atoms with Crippen molar-refractivity contribution in [3.05, 3.63) is 34.3 Å². The van der Waals surface area contributed by atoms with Crippen LogP contribution in [0.15, 0.2) is 33.7 Å². The number of benzene rings is 1. The zero-order valence-electron chi connectivity index (χ0n) is 13.0. The number of hydrogen-bond donors (Lipinski definition) is 2. The Morgan fingerprint density at radius 1 is 1.30 bits per heavy atom. The standard InChI is InChI=1S/C16H21BrF3N3/c1-21-14(22-9-8-16(18,19)20)23-11-15(6-3-7-15)12-4-2-5-13(17)10-12/h2,4-5,10H,3,6-9,11H2,1H3,(H2,21,22,23). The fourth-order valence-electron chi connectivity index (χ4n) is 2.79. The van der Waals surface area contributed by atoms with Gasteiger partial charge < -0.3 is 10.6 Å². The second-order valence-electron chi connectivity index (χ2n) is 5.86. The second-order valence-corrected chi connectivity index (χ2v) is 6.78. The van der Waals surface area contributed by atoms with Crippen molar-refractivity contribution in [3.63, 3.8) is 0 Å². The molecule has 0 unspecified atom stereocenters. The van der Waals surface area contributed by atoms with Crippen molar-refractivity contribution >= 4 is 21.9 Å². The second kappa shape index (κ2) is 7.55. The maximum absolute atomic E-state index is 12.2. The van der Waals surface area contributed by atoms with E-state index in [0.29, 0.717) is 12.5 Å². The molecule has 1 fully saturated rings. The molecule has 2 N–H and O–H groups in total. The van der Waals surface area contributed by atoms with E-state index in [0.717, 1.165) is 23.7 Å². The topological polar surface area (TPSA) is 36.4 Å². The number of halogens is 4. The molecule has 7 heteroatoms. The number of hydrogen-bond acceptors (Lipinski definition) is 1. The molecule has 0 bridgehead atoms. The largest absolute Gasteiger partial charge is 0.390 e. The van der Waals surface area contributed by atoms with Crippen LogP contribution in [0, 0.1) is 0 Å². The molecular formula is C16H21BrF3N3. The minimum absolute atomic E-state index is 0.0332. The molecule has 1 aromatic carbocycles. The summed E-state index contributed by atoms with van der Waals surface area (Å²) in [7, 11) is 1.56. The minimum Gasteiger partial charge on any atom is -0.356 e. The minimum atomic E-state index is -4.16. The summed E-state index contributed by atoms with van der Waals surface area (Å²) in [6, 6.07) is 8.21. The summed E-state index contributed by atoms with van der Waals surface area (Å²) in [5.74, 6) is 0.413. The van der Waals surface area contributed by atoms with Crippen molar-refractivity contribution in [2.45, 2.75) is 37.3 Å². The van der Waals surface area contributed by atoms with Gasteiger partial charge in [-0.25, -0.2) is 0 Å². The van der Waals surface area contributed by atoms with Crippen LogP contribution >= 0.6 is 15.9 Å². The molecular weight excluding hydrogens is 371 g/mol. The number of aliphatic imine (C=N–C) groups is 1. The Labute approximate surface area is 142 Å². The Balaban J connectivity index is 1.92. The van der Waals surface area contributed by atoms with Crippen LogP contribution in [0.3, 0.4) is 0 Å². The molecule has 2 rings (SSSR count). The maximum Gasteiger partial charge on any atom is 0.390 e. The lowest BCUT2D eigenvalue weighted by Gasteiger charge is -2.43. The lowest BCUT2D eigenvalue weighted by molar-refractivity contribution is -0.132. The first-order valence-electron chi connectivity index (χ1n) is 7.62. The van der Waals surface area contributed by atoms with Gasteiger partial charge in [-0.05, 0) is 30.5 Å². The molecule has 0 radical (unpaired) electrons. The van der Waals surface area contributed by atoms with Crippen molar-refractivity contribution in [1.82, 2.24) is 10.6 Å². The Kier molecular flexibility index (Phi) is 5.95. The lowest BCUT2D eigenvalue weighted by atomic mass is 9.64. The van der Waals surface area contributed by atoms with E-state index in [1.54, 1.807) is 7.05 Å². The normalized spacial score (nSPS) is 17.5. The fourth-order valence-corrected chi connectivity index (χ4v) is 3.18. The molecule has 128 valence electrons. The molecule has 23 heavy (non-hydrogen) atoms. The number of nitrogens with zero attached hydrogens (tertiary/aromatic N) is 1. The van der Waals surface area contributed by atoms with Crippen LogP contribution in [-0.4, -0.2) is 32.3 Å². The summed E-state index contributed by atoms with van der Waals surface area (Å²) in [5.41, 5.74) is 1.28. The number of rotatable bonds is 5. The highest BCUT2D eigenvalue weighted by Gasteiger charge is 2.38. The third kappa shape index (κ3) is 5.12. The van der Waals surface area contributed by atoms with E-state index < -0.39 is 12.6 Å². The van der Waals surface area contributed by atoms with Crippen molar-refractivity contribution in [2.75, 3.05) is 20.1 Å². The Hall–Kier alpha value is -1.24. The Morgan fingerprint density at radius 3 is 2.57 bits per heavy atom. The monoisotopic (exact) mass is 391 g/mol. The molecule has 0 aromatic heterocycles. The first kappa shape index (κ1) is 18.1. The van der Waals surface area contributed by atoms with E-state index in [1.165, 1.54) is 5.56 Å². The van der Waals surface area contributed by atoms with Gasteiger partial charge >= 0.3 is 6.18 Å². The quantitative estimate of drug-likeness (QED) is 0.588. The fraction of sp³-hybridized carbons (Fsp3) is 0.562. The molecule has 0 saturated heterocycles. The van der Waals surface area contributed by atoms with E-state index in [4.69, 9.17) is 0 Å². The van der Waals surface area contributed by atoms with Crippen molar-refractivity contribution < 1.29 is 13.2 Å². The molecule has 0 atom stereocenters. The summed E-state index contributed by atoms with van der Waals surface area (Å²) in [5, 5.41) is 5.89. The first-order chi connectivity index (χ1) is 10.8. The average Bonchev–Trinajstić information content (AvgIpc) is 2.43. The van der Waals surface area contributed by atoms with Gasteiger partial charge in [0.2, 0.25) is 0 Å². The number of guanidine groups is 1. The summed E-state index contributed by atoms with van der Waals surface area (Å²) in [6.07, 6.45) is -1.73. The first-order valence-corrected chi connectivity index (χ1v) is 8.41. The summed E-state index contributed by atoms with van der Waals surface area (Å²) in [6.45, 7) is 0.488. The van der Waals surface area contributed by atoms with Gasteiger partial charge in [0.25, 0.3) is 0 Å². The van der Waals surface area contributed by atoms with Gasteiger partial charge in [0.15, 0.2) is 5.96 Å². The highest BCUT2D eigenvalue weighted by molar-refractivity contribution is 9.10. The van der Waals surface area contributed by atoms with Crippen LogP contribution in [0.4, 0.5) is 13.2 Å². The molecule has 1 aliphatic carbocycles. The van der Waals surface area contributed by atoms with Gasteiger partial charge in [-0.3, -0.25) is 4.99 Å². The highest BCUT2D eigenvalue weighted by Crippen LogP contribution is 2.43. The van der Waals surface area contributed by atoms with Crippen molar-refractivity contribution in [3.8, 4) is 0 Å². The smallest absolute Gasteiger partial charge is 0.356 e. The van der Waals surface area contributed by atoms with Gasteiger partial charge in [-0.15, -0.1) is 0 Å².